The molecule has 0 radical (unpaired) electrons. The molecule has 0 aromatic carbocycles. The van der Waals surface area contributed by atoms with Crippen LogP contribution in [-0.4, -0.2) is 17.4 Å². The maximum atomic E-state index is 12.2. The third-order valence-electron chi connectivity index (χ3n) is 2.82. The third kappa shape index (κ3) is 5.17. The second-order valence-electron chi connectivity index (χ2n) is 5.95. The van der Waals surface area contributed by atoms with Gasteiger partial charge in [0.15, 0.2) is 0 Å². The molecule has 1 aromatic rings. The molecule has 4 nitrogen and oxygen atoms in total. The van der Waals surface area contributed by atoms with Gasteiger partial charge in [-0.15, -0.1) is 0 Å². The van der Waals surface area contributed by atoms with Gasteiger partial charge in [0.05, 0.1) is 17.3 Å². The number of hydrogen-bond donors (Lipinski definition) is 2. The van der Waals surface area contributed by atoms with Crippen LogP contribution in [0.2, 0.25) is 5.15 Å². The number of halogens is 1. The van der Waals surface area contributed by atoms with Crippen molar-refractivity contribution in [3.05, 3.63) is 23.0 Å². The average molecular weight is 284 g/mol. The Morgan fingerprint density at radius 1 is 1.47 bits per heavy atom. The van der Waals surface area contributed by atoms with Crippen molar-refractivity contribution < 1.29 is 4.79 Å². The summed E-state index contributed by atoms with van der Waals surface area (Å²) < 4.78 is 0. The Bertz CT molecular complexity index is 454. The number of amides is 1. The van der Waals surface area contributed by atoms with Gasteiger partial charge in [-0.3, -0.25) is 4.79 Å². The average Bonchev–Trinajstić information content (AvgIpc) is 2.28. The van der Waals surface area contributed by atoms with Gasteiger partial charge < -0.3 is 11.1 Å². The lowest BCUT2D eigenvalue weighted by Gasteiger charge is -2.24. The van der Waals surface area contributed by atoms with Crippen molar-refractivity contribution in [2.24, 2.45) is 17.1 Å². The molecule has 0 aliphatic heterocycles. The van der Waals surface area contributed by atoms with Crippen molar-refractivity contribution in [1.82, 2.24) is 4.98 Å². The summed E-state index contributed by atoms with van der Waals surface area (Å²) >= 11 is 5.79. The largest absolute Gasteiger partial charge is 0.330 e. The minimum atomic E-state index is -0.199. The molecule has 0 bridgehead atoms. The number of nitrogens with zero attached hydrogens (tertiary/aromatic N) is 1. The summed E-state index contributed by atoms with van der Waals surface area (Å²) in [4.78, 5) is 16.3. The minimum Gasteiger partial charge on any atom is -0.330 e. The molecule has 106 valence electrons. The van der Waals surface area contributed by atoms with Crippen LogP contribution in [-0.2, 0) is 4.79 Å². The summed E-state index contributed by atoms with van der Waals surface area (Å²) in [6.07, 6.45) is 0.745. The fraction of sp³-hybridized carbons (Fsp3) is 0.571. The van der Waals surface area contributed by atoms with Crippen LogP contribution in [0.15, 0.2) is 12.1 Å². The van der Waals surface area contributed by atoms with E-state index in [-0.39, 0.29) is 17.2 Å². The third-order valence-corrected chi connectivity index (χ3v) is 3.03. The van der Waals surface area contributed by atoms with Crippen LogP contribution in [0.3, 0.4) is 0 Å². The van der Waals surface area contributed by atoms with Gasteiger partial charge in [-0.25, -0.2) is 4.98 Å². The smallest absolute Gasteiger partial charge is 0.228 e. The molecule has 1 aromatic heterocycles. The molecule has 19 heavy (non-hydrogen) atoms. The fourth-order valence-electron chi connectivity index (χ4n) is 1.92. The van der Waals surface area contributed by atoms with Gasteiger partial charge in [-0.2, -0.15) is 0 Å². The molecule has 1 amide bonds. The predicted octanol–water partition coefficient (Wildman–Crippen LogP) is 2.99. The standard InChI is InChI=1S/C14H22ClN3O/c1-9-11(5-6-12(15)17-9)18-13(19)10(8-16)7-14(2,3)4/h5-6,10H,7-8,16H2,1-4H3,(H,18,19). The number of aromatic nitrogens is 1. The van der Waals surface area contributed by atoms with Crippen LogP contribution >= 0.6 is 11.6 Å². The highest BCUT2D eigenvalue weighted by molar-refractivity contribution is 6.29. The number of pyridine rings is 1. The highest BCUT2D eigenvalue weighted by atomic mass is 35.5. The van der Waals surface area contributed by atoms with Crippen LogP contribution < -0.4 is 11.1 Å². The van der Waals surface area contributed by atoms with E-state index in [9.17, 15) is 4.79 Å². The minimum absolute atomic E-state index is 0.0642. The zero-order chi connectivity index (χ0) is 14.6. The summed E-state index contributed by atoms with van der Waals surface area (Å²) in [7, 11) is 0. The maximum absolute atomic E-state index is 12.2. The maximum Gasteiger partial charge on any atom is 0.228 e. The summed E-state index contributed by atoms with van der Waals surface area (Å²) in [6, 6.07) is 3.42. The molecule has 1 atom stereocenters. The first-order valence-electron chi connectivity index (χ1n) is 6.37. The Labute approximate surface area is 119 Å². The highest BCUT2D eigenvalue weighted by Gasteiger charge is 2.24. The Kier molecular flexibility index (Phi) is 5.32. The quantitative estimate of drug-likeness (QED) is 0.835. The van der Waals surface area contributed by atoms with Gasteiger partial charge in [0.1, 0.15) is 5.15 Å². The zero-order valence-electron chi connectivity index (χ0n) is 12.0. The van der Waals surface area contributed by atoms with Crippen LogP contribution in [0.5, 0.6) is 0 Å². The second-order valence-corrected chi connectivity index (χ2v) is 6.34. The van der Waals surface area contributed by atoms with Crippen LogP contribution in [0, 0.1) is 18.3 Å². The molecule has 1 rings (SSSR count). The van der Waals surface area contributed by atoms with Gasteiger partial charge >= 0.3 is 0 Å². The number of rotatable bonds is 4. The summed E-state index contributed by atoms with van der Waals surface area (Å²) in [6.45, 7) is 8.43. The van der Waals surface area contributed by atoms with Crippen molar-refractivity contribution in [2.45, 2.75) is 34.1 Å². The van der Waals surface area contributed by atoms with E-state index in [2.05, 4.69) is 31.1 Å². The summed E-state index contributed by atoms with van der Waals surface area (Å²) in [5.41, 5.74) is 7.15. The molecule has 0 saturated carbocycles. The van der Waals surface area contributed by atoms with Gasteiger partial charge in [0, 0.05) is 6.54 Å². The second kappa shape index (κ2) is 6.35. The molecule has 1 heterocycles. The molecule has 0 aliphatic carbocycles. The van der Waals surface area contributed by atoms with Crippen LogP contribution in [0.1, 0.15) is 32.9 Å². The highest BCUT2D eigenvalue weighted by Crippen LogP contribution is 2.25. The Morgan fingerprint density at radius 2 is 2.11 bits per heavy atom. The van der Waals surface area contributed by atoms with Crippen LogP contribution in [0.4, 0.5) is 5.69 Å². The summed E-state index contributed by atoms with van der Waals surface area (Å²) in [5, 5.41) is 3.29. The van der Waals surface area contributed by atoms with Gasteiger partial charge in [-0.05, 0) is 30.9 Å². The number of aryl methyl sites for hydroxylation is 1. The molecule has 3 N–H and O–H groups in total. The number of hydrogen-bond acceptors (Lipinski definition) is 3. The van der Waals surface area contributed by atoms with E-state index < -0.39 is 0 Å². The number of carbonyl (C=O) groups excluding carboxylic acids is 1. The number of carbonyl (C=O) groups is 1. The molecular formula is C14H22ClN3O. The Morgan fingerprint density at radius 3 is 2.58 bits per heavy atom. The Hall–Kier alpha value is -1.13. The molecule has 0 spiro atoms. The lowest BCUT2D eigenvalue weighted by Crippen LogP contribution is -2.32. The molecule has 0 aliphatic rings. The molecular weight excluding hydrogens is 262 g/mol. The monoisotopic (exact) mass is 283 g/mol. The predicted molar refractivity (Wildman–Crippen MR) is 79.2 cm³/mol. The van der Waals surface area contributed by atoms with Gasteiger partial charge in [0.2, 0.25) is 5.91 Å². The van der Waals surface area contributed by atoms with E-state index >= 15 is 0 Å². The number of nitrogens with two attached hydrogens (primary N) is 1. The first kappa shape index (κ1) is 15.9. The lowest BCUT2D eigenvalue weighted by molar-refractivity contribution is -0.120. The molecule has 1 unspecified atom stereocenters. The summed E-state index contributed by atoms with van der Waals surface area (Å²) in [5.74, 6) is -0.264. The van der Waals surface area contributed by atoms with Crippen molar-refractivity contribution in [3.63, 3.8) is 0 Å². The van der Waals surface area contributed by atoms with E-state index in [1.165, 1.54) is 0 Å². The van der Waals surface area contributed by atoms with E-state index in [1.54, 1.807) is 12.1 Å². The zero-order valence-corrected chi connectivity index (χ0v) is 12.7. The van der Waals surface area contributed by atoms with Crippen molar-refractivity contribution in [2.75, 3.05) is 11.9 Å². The molecule has 5 heteroatoms. The number of anilines is 1. The van der Waals surface area contributed by atoms with Crippen molar-refractivity contribution in [1.29, 1.82) is 0 Å². The van der Waals surface area contributed by atoms with Crippen molar-refractivity contribution in [3.8, 4) is 0 Å². The lowest BCUT2D eigenvalue weighted by atomic mass is 9.84. The normalized spacial score (nSPS) is 13.2. The van der Waals surface area contributed by atoms with E-state index in [4.69, 9.17) is 17.3 Å². The van der Waals surface area contributed by atoms with Crippen LogP contribution in [0.25, 0.3) is 0 Å². The topological polar surface area (TPSA) is 68.0 Å². The van der Waals surface area contributed by atoms with Gasteiger partial charge in [0.25, 0.3) is 0 Å². The molecule has 0 saturated heterocycles. The van der Waals surface area contributed by atoms with E-state index in [0.29, 0.717) is 23.1 Å². The SMILES string of the molecule is Cc1nc(Cl)ccc1NC(=O)C(CN)CC(C)(C)C. The van der Waals surface area contributed by atoms with Gasteiger partial charge in [-0.1, -0.05) is 32.4 Å². The van der Waals surface area contributed by atoms with E-state index in [0.717, 1.165) is 6.42 Å². The molecule has 0 fully saturated rings. The van der Waals surface area contributed by atoms with Crippen molar-refractivity contribution >= 4 is 23.2 Å². The first-order valence-corrected chi connectivity index (χ1v) is 6.75. The number of nitrogens with one attached hydrogen (secondary N) is 1. The first-order chi connectivity index (χ1) is 8.73. The fourth-order valence-corrected chi connectivity index (χ4v) is 2.11. The Balaban J connectivity index is 2.77. The van der Waals surface area contributed by atoms with E-state index in [1.807, 2.05) is 6.92 Å².